The van der Waals surface area contributed by atoms with Crippen LogP contribution in [0.3, 0.4) is 0 Å². The Bertz CT molecular complexity index is 637. The molecular formula is C16H21N5O2. The van der Waals surface area contributed by atoms with Gasteiger partial charge in [0, 0.05) is 32.2 Å². The van der Waals surface area contributed by atoms with Crippen LogP contribution >= 0.6 is 0 Å². The minimum atomic E-state index is -0.151. The lowest BCUT2D eigenvalue weighted by atomic mass is 9.90. The van der Waals surface area contributed by atoms with Gasteiger partial charge in [-0.3, -0.25) is 4.79 Å². The standard InChI is InChI=1S/C16H21N5O2/c1-2-21-8-7-17-15(21)14(12-4-9-23-10-5-12)20-16(22)13-3-6-18-19-11-13/h3,6-8,11-12,14H,2,4-5,9-10H2,1H3,(H,20,22)/t14-/m1/s1. The van der Waals surface area contributed by atoms with Gasteiger partial charge in [0.05, 0.1) is 24.0 Å². The van der Waals surface area contributed by atoms with E-state index in [0.29, 0.717) is 11.5 Å². The lowest BCUT2D eigenvalue weighted by Gasteiger charge is -2.30. The van der Waals surface area contributed by atoms with Gasteiger partial charge in [0.1, 0.15) is 5.82 Å². The fourth-order valence-electron chi connectivity index (χ4n) is 2.96. The number of carbonyl (C=O) groups excluding carboxylic acids is 1. The van der Waals surface area contributed by atoms with Gasteiger partial charge >= 0.3 is 0 Å². The summed E-state index contributed by atoms with van der Waals surface area (Å²) < 4.78 is 7.53. The van der Waals surface area contributed by atoms with Crippen LogP contribution in [0, 0.1) is 5.92 Å². The average molecular weight is 315 g/mol. The van der Waals surface area contributed by atoms with Crippen molar-refractivity contribution >= 4 is 5.91 Å². The number of aromatic nitrogens is 4. The average Bonchev–Trinajstić information content (AvgIpc) is 3.09. The summed E-state index contributed by atoms with van der Waals surface area (Å²) in [5, 5.41) is 10.6. The van der Waals surface area contributed by atoms with E-state index in [-0.39, 0.29) is 11.9 Å². The first-order chi connectivity index (χ1) is 11.3. The summed E-state index contributed by atoms with van der Waals surface area (Å²) >= 11 is 0. The second-order valence-corrected chi connectivity index (χ2v) is 5.60. The van der Waals surface area contributed by atoms with Gasteiger partial charge < -0.3 is 14.6 Å². The Balaban J connectivity index is 1.84. The van der Waals surface area contributed by atoms with Gasteiger partial charge in [-0.2, -0.15) is 10.2 Å². The number of ether oxygens (including phenoxy) is 1. The first kappa shape index (κ1) is 15.6. The number of carbonyl (C=O) groups is 1. The molecule has 1 saturated heterocycles. The molecule has 1 amide bonds. The fourth-order valence-corrected chi connectivity index (χ4v) is 2.96. The van der Waals surface area contributed by atoms with Gasteiger partial charge in [0.2, 0.25) is 0 Å². The number of aryl methyl sites for hydroxylation is 1. The molecule has 0 saturated carbocycles. The van der Waals surface area contributed by atoms with Gasteiger partial charge in [0.15, 0.2) is 0 Å². The Morgan fingerprint density at radius 2 is 2.22 bits per heavy atom. The number of nitrogens with zero attached hydrogens (tertiary/aromatic N) is 4. The highest BCUT2D eigenvalue weighted by Crippen LogP contribution is 2.29. The molecule has 2 aromatic rings. The van der Waals surface area contributed by atoms with E-state index in [9.17, 15) is 4.79 Å². The molecule has 7 nitrogen and oxygen atoms in total. The minimum absolute atomic E-state index is 0.130. The number of hydrogen-bond donors (Lipinski definition) is 1. The van der Waals surface area contributed by atoms with Crippen molar-refractivity contribution in [1.82, 2.24) is 25.1 Å². The van der Waals surface area contributed by atoms with E-state index >= 15 is 0 Å². The van der Waals surface area contributed by atoms with Crippen molar-refractivity contribution in [3.05, 3.63) is 42.2 Å². The Kier molecular flexibility index (Phi) is 4.97. The molecule has 1 N–H and O–H groups in total. The van der Waals surface area contributed by atoms with E-state index in [4.69, 9.17) is 4.74 Å². The molecule has 0 bridgehead atoms. The Morgan fingerprint density at radius 3 is 2.91 bits per heavy atom. The maximum absolute atomic E-state index is 12.5. The number of nitrogens with one attached hydrogen (secondary N) is 1. The number of amides is 1. The molecule has 3 heterocycles. The number of rotatable bonds is 5. The Labute approximate surface area is 135 Å². The molecule has 0 unspecified atom stereocenters. The highest BCUT2D eigenvalue weighted by atomic mass is 16.5. The third-order valence-electron chi connectivity index (χ3n) is 4.24. The molecule has 2 aromatic heterocycles. The Morgan fingerprint density at radius 1 is 1.39 bits per heavy atom. The molecular weight excluding hydrogens is 294 g/mol. The van der Waals surface area contributed by atoms with Crippen molar-refractivity contribution in [2.24, 2.45) is 5.92 Å². The van der Waals surface area contributed by atoms with E-state index in [0.717, 1.165) is 38.4 Å². The van der Waals surface area contributed by atoms with Gasteiger partial charge in [-0.05, 0) is 31.7 Å². The molecule has 0 radical (unpaired) electrons. The Hall–Kier alpha value is -2.28. The fraction of sp³-hybridized carbons (Fsp3) is 0.500. The highest BCUT2D eigenvalue weighted by molar-refractivity contribution is 5.93. The van der Waals surface area contributed by atoms with Crippen LogP contribution in [0.1, 0.15) is 42.0 Å². The molecule has 0 spiro atoms. The van der Waals surface area contributed by atoms with Gasteiger partial charge in [0.25, 0.3) is 5.91 Å². The maximum atomic E-state index is 12.5. The van der Waals surface area contributed by atoms with Crippen molar-refractivity contribution in [1.29, 1.82) is 0 Å². The molecule has 1 atom stereocenters. The zero-order valence-corrected chi connectivity index (χ0v) is 13.2. The topological polar surface area (TPSA) is 81.9 Å². The molecule has 1 fully saturated rings. The third kappa shape index (κ3) is 3.56. The van der Waals surface area contributed by atoms with Crippen LogP contribution in [0.15, 0.2) is 30.9 Å². The summed E-state index contributed by atoms with van der Waals surface area (Å²) in [4.78, 5) is 17.0. The third-order valence-corrected chi connectivity index (χ3v) is 4.24. The highest BCUT2D eigenvalue weighted by Gasteiger charge is 2.30. The van der Waals surface area contributed by atoms with Gasteiger partial charge in [-0.25, -0.2) is 4.98 Å². The first-order valence-electron chi connectivity index (χ1n) is 7.96. The SMILES string of the molecule is CCn1ccnc1[C@H](NC(=O)c1ccnnc1)C1CCOCC1. The van der Waals surface area contributed by atoms with Crippen molar-refractivity contribution < 1.29 is 9.53 Å². The molecule has 0 aromatic carbocycles. The molecule has 0 aliphatic carbocycles. The lowest BCUT2D eigenvalue weighted by molar-refractivity contribution is 0.0498. The van der Waals surface area contributed by atoms with Gasteiger partial charge in [-0.15, -0.1) is 0 Å². The van der Waals surface area contributed by atoms with Crippen LogP contribution in [0.25, 0.3) is 0 Å². The number of hydrogen-bond acceptors (Lipinski definition) is 5. The minimum Gasteiger partial charge on any atom is -0.381 e. The monoisotopic (exact) mass is 315 g/mol. The summed E-state index contributed by atoms with van der Waals surface area (Å²) in [5.74, 6) is 1.06. The van der Waals surface area contributed by atoms with Crippen LogP contribution in [0.2, 0.25) is 0 Å². The van der Waals surface area contributed by atoms with Crippen molar-refractivity contribution in [2.45, 2.75) is 32.4 Å². The molecule has 122 valence electrons. The zero-order chi connectivity index (χ0) is 16.1. The molecule has 1 aliphatic rings. The van der Waals surface area contributed by atoms with Crippen molar-refractivity contribution in [2.75, 3.05) is 13.2 Å². The molecule has 3 rings (SSSR count). The smallest absolute Gasteiger partial charge is 0.253 e. The maximum Gasteiger partial charge on any atom is 0.253 e. The summed E-state index contributed by atoms with van der Waals surface area (Å²) in [6, 6.07) is 1.53. The van der Waals surface area contributed by atoms with Gasteiger partial charge in [-0.1, -0.05) is 0 Å². The summed E-state index contributed by atoms with van der Waals surface area (Å²) in [6.45, 7) is 4.34. The van der Waals surface area contributed by atoms with E-state index in [1.807, 2.05) is 6.20 Å². The van der Waals surface area contributed by atoms with Crippen LogP contribution in [-0.4, -0.2) is 38.9 Å². The van der Waals surface area contributed by atoms with E-state index in [1.165, 1.54) is 12.4 Å². The second kappa shape index (κ2) is 7.32. The van der Waals surface area contributed by atoms with Crippen molar-refractivity contribution in [3.63, 3.8) is 0 Å². The zero-order valence-electron chi connectivity index (χ0n) is 13.2. The summed E-state index contributed by atoms with van der Waals surface area (Å²) in [7, 11) is 0. The molecule has 7 heteroatoms. The summed E-state index contributed by atoms with van der Waals surface area (Å²) in [5.41, 5.74) is 0.506. The quantitative estimate of drug-likeness (QED) is 0.906. The molecule has 1 aliphatic heterocycles. The molecule has 23 heavy (non-hydrogen) atoms. The lowest BCUT2D eigenvalue weighted by Crippen LogP contribution is -2.37. The van der Waals surface area contributed by atoms with Crippen LogP contribution in [0.5, 0.6) is 0 Å². The normalized spacial score (nSPS) is 16.9. The van der Waals surface area contributed by atoms with Crippen LogP contribution in [-0.2, 0) is 11.3 Å². The van der Waals surface area contributed by atoms with E-state index in [2.05, 4.69) is 32.0 Å². The number of imidazole rings is 1. The van der Waals surface area contributed by atoms with Crippen molar-refractivity contribution in [3.8, 4) is 0 Å². The second-order valence-electron chi connectivity index (χ2n) is 5.60. The predicted molar refractivity (Wildman–Crippen MR) is 83.7 cm³/mol. The van der Waals surface area contributed by atoms with E-state index < -0.39 is 0 Å². The van der Waals surface area contributed by atoms with Crippen LogP contribution < -0.4 is 5.32 Å². The largest absolute Gasteiger partial charge is 0.381 e. The first-order valence-corrected chi connectivity index (χ1v) is 7.96. The van der Waals surface area contributed by atoms with E-state index in [1.54, 1.807) is 12.3 Å². The van der Waals surface area contributed by atoms with Crippen LogP contribution in [0.4, 0.5) is 0 Å². The predicted octanol–water partition coefficient (Wildman–Crippen LogP) is 1.59. The summed E-state index contributed by atoms with van der Waals surface area (Å²) in [6.07, 6.45) is 8.55.